The Morgan fingerprint density at radius 2 is 0.914 bits per heavy atom. The van der Waals surface area contributed by atoms with Crippen molar-refractivity contribution in [1.29, 1.82) is 0 Å². The summed E-state index contributed by atoms with van der Waals surface area (Å²) in [5, 5.41) is 8.64. The number of fused-ring (bicyclic) bond motifs is 2. The van der Waals surface area contributed by atoms with Crippen molar-refractivity contribution in [2.24, 2.45) is 0 Å². The molecule has 0 amide bonds. The summed E-state index contributed by atoms with van der Waals surface area (Å²) in [7, 11) is 4.56. The van der Waals surface area contributed by atoms with E-state index in [0.717, 1.165) is 0 Å². The van der Waals surface area contributed by atoms with Crippen LogP contribution in [0.2, 0.25) is 24.2 Å². The van der Waals surface area contributed by atoms with Crippen LogP contribution in [0.25, 0.3) is 21.5 Å². The molecule has 180 valence electrons. The molecule has 0 radical (unpaired) electrons. The number of rotatable bonds is 6. The molecule has 2 heterocycles. The average Bonchev–Trinajstić information content (AvgIpc) is 2.81. The largest absolute Gasteiger partial charge is 0.448 e. The Balaban J connectivity index is 1.53. The molecule has 3 nitrogen and oxygen atoms in total. The molecule has 0 unspecified atom stereocenters. The van der Waals surface area contributed by atoms with Crippen molar-refractivity contribution in [3.05, 3.63) is 72.8 Å². The summed E-state index contributed by atoms with van der Waals surface area (Å²) in [4.78, 5) is 4.55. The van der Waals surface area contributed by atoms with Crippen LogP contribution in [0.1, 0.15) is 12.8 Å². The maximum Gasteiger partial charge on any atom is 0.213 e. The maximum atomic E-state index is 7.80. The third kappa shape index (κ3) is 3.55. The highest BCUT2D eigenvalue weighted by Crippen LogP contribution is 2.45. The van der Waals surface area contributed by atoms with Gasteiger partial charge in [0.1, 0.15) is 0 Å². The highest BCUT2D eigenvalue weighted by Gasteiger charge is 2.55. The van der Waals surface area contributed by atoms with Gasteiger partial charge in [-0.15, -0.1) is 0 Å². The molecule has 2 fully saturated rings. The molecule has 0 aliphatic carbocycles. The lowest BCUT2D eigenvalue weighted by molar-refractivity contribution is 0.483. The van der Waals surface area contributed by atoms with Gasteiger partial charge in [-0.2, -0.15) is 0 Å². The summed E-state index contributed by atoms with van der Waals surface area (Å²) >= 11 is 0. The van der Waals surface area contributed by atoms with Gasteiger partial charge < -0.3 is 13.9 Å². The van der Waals surface area contributed by atoms with Crippen LogP contribution in [0, 0.1) is 0 Å². The molecular formula is C30H36N2OSi2. The Bertz CT molecular complexity index is 1290. The molecule has 6 rings (SSSR count). The fourth-order valence-corrected chi connectivity index (χ4v) is 17.2. The van der Waals surface area contributed by atoms with Crippen molar-refractivity contribution in [2.75, 3.05) is 38.0 Å². The number of nitrogens with zero attached hydrogens (tertiary/aromatic N) is 2. The Kier molecular flexibility index (Phi) is 5.55. The molecular weight excluding hydrogens is 461 g/mol. The molecule has 4 aromatic rings. The van der Waals surface area contributed by atoms with Gasteiger partial charge in [0.2, 0.25) is 16.6 Å². The van der Waals surface area contributed by atoms with E-state index in [4.69, 9.17) is 4.12 Å². The molecule has 0 spiro atoms. The second-order valence-electron chi connectivity index (χ2n) is 10.9. The summed E-state index contributed by atoms with van der Waals surface area (Å²) in [6.07, 6.45) is 2.60. The van der Waals surface area contributed by atoms with E-state index in [-0.39, 0.29) is 0 Å². The van der Waals surface area contributed by atoms with Crippen LogP contribution in [0.4, 0.5) is 11.4 Å². The van der Waals surface area contributed by atoms with Crippen molar-refractivity contribution in [1.82, 2.24) is 0 Å². The molecule has 2 saturated heterocycles. The van der Waals surface area contributed by atoms with Gasteiger partial charge in [0, 0.05) is 50.3 Å². The van der Waals surface area contributed by atoms with E-state index in [0.29, 0.717) is 0 Å². The first kappa shape index (κ1) is 22.8. The van der Waals surface area contributed by atoms with Crippen molar-refractivity contribution in [3.63, 3.8) is 0 Å². The lowest BCUT2D eigenvalue weighted by Gasteiger charge is -2.51. The first-order chi connectivity index (χ1) is 16.9. The molecule has 4 aromatic carbocycles. The molecule has 0 bridgehead atoms. The minimum absolute atomic E-state index is 1.26. The fourth-order valence-electron chi connectivity index (χ4n) is 6.37. The molecule has 0 saturated carbocycles. The first-order valence-electron chi connectivity index (χ1n) is 13.0. The molecule has 2 aliphatic rings. The van der Waals surface area contributed by atoms with E-state index in [1.165, 1.54) is 80.3 Å². The van der Waals surface area contributed by atoms with Gasteiger partial charge >= 0.3 is 0 Å². The number of benzene rings is 4. The van der Waals surface area contributed by atoms with Crippen molar-refractivity contribution < 1.29 is 4.12 Å². The van der Waals surface area contributed by atoms with Crippen LogP contribution in [-0.4, -0.2) is 44.8 Å². The molecule has 5 heteroatoms. The SMILES string of the molecule is CN(C)c1cccc2cccc([Si]3(O[Si]4(c5cccc6cccc(N(C)C)c56)CCC4)CCC3)c12. The topological polar surface area (TPSA) is 15.7 Å². The summed E-state index contributed by atoms with van der Waals surface area (Å²) in [5.41, 5.74) is 2.65. The number of hydrogen-bond donors (Lipinski definition) is 0. The normalized spacial score (nSPS) is 18.2. The lowest BCUT2D eigenvalue weighted by Crippen LogP contribution is -2.68. The average molecular weight is 497 g/mol. The zero-order chi connectivity index (χ0) is 24.2. The predicted octanol–water partition coefficient (Wildman–Crippen LogP) is 5.95. The Morgan fingerprint density at radius 1 is 0.543 bits per heavy atom. The zero-order valence-corrected chi connectivity index (χ0v) is 23.5. The van der Waals surface area contributed by atoms with Crippen molar-refractivity contribution in [3.8, 4) is 0 Å². The molecule has 2 aliphatic heterocycles. The van der Waals surface area contributed by atoms with Crippen LogP contribution in [0.3, 0.4) is 0 Å². The lowest BCUT2D eigenvalue weighted by atomic mass is 10.1. The van der Waals surface area contributed by atoms with E-state index in [9.17, 15) is 0 Å². The van der Waals surface area contributed by atoms with E-state index in [1.54, 1.807) is 0 Å². The summed E-state index contributed by atoms with van der Waals surface area (Å²) in [5.74, 6) is 0. The third-order valence-corrected chi connectivity index (χ3v) is 19.0. The Morgan fingerprint density at radius 3 is 1.23 bits per heavy atom. The summed E-state index contributed by atoms with van der Waals surface area (Å²) in [6, 6.07) is 32.4. The molecule has 35 heavy (non-hydrogen) atoms. The molecule has 0 N–H and O–H groups in total. The van der Waals surface area contributed by atoms with Crippen molar-refractivity contribution in [2.45, 2.75) is 37.0 Å². The number of anilines is 2. The van der Waals surface area contributed by atoms with E-state index >= 15 is 0 Å². The monoisotopic (exact) mass is 496 g/mol. The first-order valence-corrected chi connectivity index (χ1v) is 17.7. The fraction of sp³-hybridized carbons (Fsp3) is 0.333. The Hall–Kier alpha value is -2.61. The molecule has 0 aromatic heterocycles. The van der Waals surface area contributed by atoms with Crippen LogP contribution in [0.15, 0.2) is 72.8 Å². The third-order valence-electron chi connectivity index (χ3n) is 8.42. The zero-order valence-electron chi connectivity index (χ0n) is 21.5. The van der Waals surface area contributed by atoms with Gasteiger partial charge in [-0.3, -0.25) is 0 Å². The van der Waals surface area contributed by atoms with Crippen LogP contribution < -0.4 is 20.2 Å². The number of hydrogen-bond acceptors (Lipinski definition) is 3. The van der Waals surface area contributed by atoms with E-state index < -0.39 is 16.6 Å². The second kappa shape index (κ2) is 8.51. The maximum absolute atomic E-state index is 7.80. The smallest absolute Gasteiger partial charge is 0.213 e. The van der Waals surface area contributed by atoms with Crippen LogP contribution in [-0.2, 0) is 4.12 Å². The summed E-state index contributed by atoms with van der Waals surface area (Å²) < 4.78 is 7.80. The van der Waals surface area contributed by atoms with Crippen molar-refractivity contribution >= 4 is 59.9 Å². The van der Waals surface area contributed by atoms with Gasteiger partial charge in [-0.25, -0.2) is 0 Å². The summed E-state index contributed by atoms with van der Waals surface area (Å²) in [6.45, 7) is 0. The highest BCUT2D eigenvalue weighted by molar-refractivity contribution is 7.02. The minimum atomic E-state index is -2.06. The van der Waals surface area contributed by atoms with Gasteiger partial charge in [-0.05, 0) is 57.5 Å². The quantitative estimate of drug-likeness (QED) is 0.307. The standard InChI is InChI=1S/C30H36N2OSi2/c1-31(2)25-15-5-11-23-13-7-17-27(29(23)25)34(19-9-20-34)33-35(21-10-22-35)28-18-8-14-24-12-6-16-26(30(24)28)32(3)4/h5-8,11-18H,9-10,19-22H2,1-4H3. The van der Waals surface area contributed by atoms with Gasteiger partial charge in [0.25, 0.3) is 0 Å². The van der Waals surface area contributed by atoms with E-state index in [1.807, 2.05) is 0 Å². The minimum Gasteiger partial charge on any atom is -0.448 e. The van der Waals surface area contributed by atoms with Gasteiger partial charge in [0.15, 0.2) is 0 Å². The van der Waals surface area contributed by atoms with E-state index in [2.05, 4.69) is 111 Å². The second-order valence-corrected chi connectivity index (χ2v) is 18.8. The van der Waals surface area contributed by atoms with Crippen LogP contribution in [0.5, 0.6) is 0 Å². The van der Waals surface area contributed by atoms with Gasteiger partial charge in [0.05, 0.1) is 0 Å². The van der Waals surface area contributed by atoms with Crippen LogP contribution >= 0.6 is 0 Å². The highest BCUT2D eigenvalue weighted by atomic mass is 28.4. The predicted molar refractivity (Wildman–Crippen MR) is 157 cm³/mol. The molecule has 0 atom stereocenters. The Labute approximate surface area is 211 Å². The van der Waals surface area contributed by atoms with Gasteiger partial charge in [-0.1, -0.05) is 73.5 Å².